The summed E-state index contributed by atoms with van der Waals surface area (Å²) in [4.78, 5) is 4.57. The third-order valence-electron chi connectivity index (χ3n) is 4.10. The first kappa shape index (κ1) is 16.9. The quantitative estimate of drug-likeness (QED) is 0.900. The van der Waals surface area contributed by atoms with Crippen LogP contribution in [0.3, 0.4) is 0 Å². The zero-order valence-electron chi connectivity index (χ0n) is 13.9. The number of aryl methyl sites for hydroxylation is 1. The smallest absolute Gasteiger partial charge is 0.166 e. The molecule has 22 heavy (non-hydrogen) atoms. The van der Waals surface area contributed by atoms with E-state index in [1.165, 1.54) is 6.07 Å². The topological polar surface area (TPSA) is 41.8 Å². The maximum Gasteiger partial charge on any atom is 0.166 e. The Balaban J connectivity index is 2.23. The van der Waals surface area contributed by atoms with Gasteiger partial charge in [-0.2, -0.15) is 0 Å². The molecular formula is C18H26FNO2. The summed E-state index contributed by atoms with van der Waals surface area (Å²) >= 11 is 0. The SMILES string of the molecule is Cc1cc(C2=NCCCC2C)cc(F)c1OCC(C)(C)CO. The Kier molecular flexibility index (Phi) is 5.22. The molecule has 1 heterocycles. The summed E-state index contributed by atoms with van der Waals surface area (Å²) in [5, 5.41) is 9.26. The van der Waals surface area contributed by atoms with E-state index in [-0.39, 0.29) is 30.2 Å². The number of nitrogens with zero attached hydrogens (tertiary/aromatic N) is 1. The van der Waals surface area contributed by atoms with Gasteiger partial charge in [-0.3, -0.25) is 4.99 Å². The molecule has 0 saturated heterocycles. The Morgan fingerprint density at radius 1 is 1.41 bits per heavy atom. The third kappa shape index (κ3) is 3.86. The van der Waals surface area contributed by atoms with Gasteiger partial charge in [0.2, 0.25) is 0 Å². The molecule has 1 aromatic carbocycles. The lowest BCUT2D eigenvalue weighted by Crippen LogP contribution is -2.26. The van der Waals surface area contributed by atoms with E-state index in [1.54, 1.807) is 0 Å². The van der Waals surface area contributed by atoms with Gasteiger partial charge in [-0.05, 0) is 48.9 Å². The lowest BCUT2D eigenvalue weighted by atomic mass is 9.91. The highest BCUT2D eigenvalue weighted by Gasteiger charge is 2.22. The van der Waals surface area contributed by atoms with E-state index in [0.29, 0.717) is 5.92 Å². The number of aliphatic hydroxyl groups is 1. The average Bonchev–Trinajstić information content (AvgIpc) is 2.46. The highest BCUT2D eigenvalue weighted by molar-refractivity contribution is 6.02. The third-order valence-corrected chi connectivity index (χ3v) is 4.10. The molecule has 1 unspecified atom stereocenters. The second-order valence-corrected chi connectivity index (χ2v) is 7.03. The molecule has 0 radical (unpaired) electrons. The van der Waals surface area contributed by atoms with Gasteiger partial charge in [0.15, 0.2) is 11.6 Å². The summed E-state index contributed by atoms with van der Waals surface area (Å²) in [5.41, 5.74) is 2.23. The number of hydrogen-bond acceptors (Lipinski definition) is 3. The van der Waals surface area contributed by atoms with Crippen LogP contribution in [0.5, 0.6) is 5.75 Å². The van der Waals surface area contributed by atoms with Gasteiger partial charge in [0.05, 0.1) is 13.2 Å². The molecule has 1 aliphatic heterocycles. The summed E-state index contributed by atoms with van der Waals surface area (Å²) in [7, 11) is 0. The minimum absolute atomic E-state index is 0.0000703. The molecule has 0 bridgehead atoms. The van der Waals surface area contributed by atoms with Gasteiger partial charge in [0, 0.05) is 17.7 Å². The molecule has 0 aromatic heterocycles. The van der Waals surface area contributed by atoms with Crippen molar-refractivity contribution in [2.75, 3.05) is 19.8 Å². The minimum atomic E-state index is -0.389. The van der Waals surface area contributed by atoms with Crippen LogP contribution in [-0.4, -0.2) is 30.6 Å². The fourth-order valence-electron chi connectivity index (χ4n) is 2.64. The average molecular weight is 307 g/mol. The molecule has 4 heteroatoms. The standard InChI is InChI=1S/C18H26FNO2/c1-12-6-5-7-20-16(12)14-8-13(2)17(15(19)9-14)22-11-18(3,4)10-21/h8-9,12,21H,5-7,10-11H2,1-4H3. The van der Waals surface area contributed by atoms with Crippen molar-refractivity contribution < 1.29 is 14.2 Å². The molecule has 0 spiro atoms. The van der Waals surface area contributed by atoms with Gasteiger partial charge in [-0.1, -0.05) is 20.8 Å². The van der Waals surface area contributed by atoms with Crippen molar-refractivity contribution in [3.8, 4) is 5.75 Å². The van der Waals surface area contributed by atoms with Gasteiger partial charge in [-0.25, -0.2) is 4.39 Å². The number of ether oxygens (including phenoxy) is 1. The molecule has 1 aliphatic rings. The Morgan fingerprint density at radius 2 is 2.14 bits per heavy atom. The molecule has 122 valence electrons. The van der Waals surface area contributed by atoms with Crippen LogP contribution in [0.25, 0.3) is 0 Å². The van der Waals surface area contributed by atoms with Crippen LogP contribution >= 0.6 is 0 Å². The van der Waals surface area contributed by atoms with Crippen molar-refractivity contribution in [3.63, 3.8) is 0 Å². The highest BCUT2D eigenvalue weighted by atomic mass is 19.1. The van der Waals surface area contributed by atoms with Gasteiger partial charge in [0.25, 0.3) is 0 Å². The number of halogens is 1. The molecule has 0 fully saturated rings. The van der Waals surface area contributed by atoms with Crippen molar-refractivity contribution >= 4 is 5.71 Å². The second-order valence-electron chi connectivity index (χ2n) is 7.03. The van der Waals surface area contributed by atoms with Gasteiger partial charge in [-0.15, -0.1) is 0 Å². The highest BCUT2D eigenvalue weighted by Crippen LogP contribution is 2.29. The molecule has 3 nitrogen and oxygen atoms in total. The van der Waals surface area contributed by atoms with Gasteiger partial charge >= 0.3 is 0 Å². The number of aliphatic imine (C=N–C) groups is 1. The predicted octanol–water partition coefficient (Wildman–Crippen LogP) is 3.75. The van der Waals surface area contributed by atoms with Crippen LogP contribution in [0.2, 0.25) is 0 Å². The van der Waals surface area contributed by atoms with E-state index in [4.69, 9.17) is 4.74 Å². The maximum atomic E-state index is 14.4. The maximum absolute atomic E-state index is 14.4. The van der Waals surface area contributed by atoms with E-state index >= 15 is 0 Å². The molecular weight excluding hydrogens is 281 g/mol. The van der Waals surface area contributed by atoms with Crippen LogP contribution in [0.4, 0.5) is 4.39 Å². The Labute approximate surface area is 132 Å². The Hall–Kier alpha value is -1.42. The van der Waals surface area contributed by atoms with Crippen molar-refractivity contribution in [2.24, 2.45) is 16.3 Å². The lowest BCUT2D eigenvalue weighted by molar-refractivity contribution is 0.0949. The number of benzene rings is 1. The molecule has 0 saturated carbocycles. The fraction of sp³-hybridized carbons (Fsp3) is 0.611. The number of rotatable bonds is 5. The van der Waals surface area contributed by atoms with E-state index in [0.717, 1.165) is 36.2 Å². The van der Waals surface area contributed by atoms with Crippen LogP contribution in [0.1, 0.15) is 44.7 Å². The molecule has 1 atom stereocenters. The summed E-state index contributed by atoms with van der Waals surface area (Å²) in [6.07, 6.45) is 2.20. The van der Waals surface area contributed by atoms with E-state index in [1.807, 2.05) is 26.8 Å². The van der Waals surface area contributed by atoms with Crippen molar-refractivity contribution in [1.82, 2.24) is 0 Å². The lowest BCUT2D eigenvalue weighted by Gasteiger charge is -2.24. The second kappa shape index (κ2) is 6.78. The van der Waals surface area contributed by atoms with E-state index < -0.39 is 0 Å². The Bertz CT molecular complexity index is 543. The summed E-state index contributed by atoms with van der Waals surface area (Å²) < 4.78 is 20.0. The summed E-state index contributed by atoms with van der Waals surface area (Å²) in [6, 6.07) is 3.47. The monoisotopic (exact) mass is 307 g/mol. The van der Waals surface area contributed by atoms with Gasteiger partial charge in [0.1, 0.15) is 0 Å². The molecule has 2 rings (SSSR count). The summed E-state index contributed by atoms with van der Waals surface area (Å²) in [6.45, 7) is 8.85. The van der Waals surface area contributed by atoms with Gasteiger partial charge < -0.3 is 9.84 Å². The van der Waals surface area contributed by atoms with Crippen molar-refractivity contribution in [1.29, 1.82) is 0 Å². The van der Waals surface area contributed by atoms with Crippen LogP contribution in [-0.2, 0) is 0 Å². The van der Waals surface area contributed by atoms with Crippen LogP contribution < -0.4 is 4.74 Å². The Morgan fingerprint density at radius 3 is 2.73 bits per heavy atom. The van der Waals surface area contributed by atoms with Crippen molar-refractivity contribution in [2.45, 2.75) is 40.5 Å². The normalized spacial score (nSPS) is 19.0. The molecule has 0 amide bonds. The summed E-state index contributed by atoms with van der Waals surface area (Å²) in [5.74, 6) is 0.284. The largest absolute Gasteiger partial charge is 0.490 e. The van der Waals surface area contributed by atoms with E-state index in [2.05, 4.69) is 11.9 Å². The number of hydrogen-bond donors (Lipinski definition) is 1. The van der Waals surface area contributed by atoms with Crippen LogP contribution in [0.15, 0.2) is 17.1 Å². The zero-order valence-corrected chi connectivity index (χ0v) is 13.9. The van der Waals surface area contributed by atoms with Crippen LogP contribution in [0, 0.1) is 24.1 Å². The first-order chi connectivity index (χ1) is 10.3. The molecule has 1 N–H and O–H groups in total. The first-order valence-electron chi connectivity index (χ1n) is 7.92. The molecule has 0 aliphatic carbocycles. The number of aliphatic hydroxyl groups excluding tert-OH is 1. The first-order valence-corrected chi connectivity index (χ1v) is 7.92. The minimum Gasteiger partial charge on any atom is -0.490 e. The molecule has 1 aromatic rings. The van der Waals surface area contributed by atoms with Crippen molar-refractivity contribution in [3.05, 3.63) is 29.1 Å². The fourth-order valence-corrected chi connectivity index (χ4v) is 2.64. The zero-order chi connectivity index (χ0) is 16.3. The predicted molar refractivity (Wildman–Crippen MR) is 87.3 cm³/mol. The van der Waals surface area contributed by atoms with E-state index in [9.17, 15) is 9.50 Å².